The number of rotatable bonds is 2. The number of methoxy groups -OCH3 is 1. The van der Waals surface area contributed by atoms with E-state index in [9.17, 15) is 0 Å². The third-order valence-corrected chi connectivity index (χ3v) is 1.90. The first-order valence-electron chi connectivity index (χ1n) is 3.54. The van der Waals surface area contributed by atoms with Crippen LogP contribution in [0.15, 0.2) is 18.2 Å². The van der Waals surface area contributed by atoms with Crippen LogP contribution < -0.4 is 4.74 Å². The highest BCUT2D eigenvalue weighted by Gasteiger charge is 1.99. The van der Waals surface area contributed by atoms with Crippen molar-refractivity contribution >= 4 is 11.6 Å². The molecule has 0 fully saturated rings. The van der Waals surface area contributed by atoms with Crippen LogP contribution in [0.4, 0.5) is 0 Å². The molecular formula is C10H9ClO. The molecule has 0 spiro atoms. The fourth-order valence-corrected chi connectivity index (χ4v) is 1.15. The summed E-state index contributed by atoms with van der Waals surface area (Å²) in [5.41, 5.74) is 0.958. The van der Waals surface area contributed by atoms with E-state index in [1.807, 2.05) is 12.1 Å². The molecule has 0 aliphatic heterocycles. The summed E-state index contributed by atoms with van der Waals surface area (Å²) in [5, 5.41) is 0.660. The van der Waals surface area contributed by atoms with Gasteiger partial charge in [0.15, 0.2) is 0 Å². The molecular weight excluding hydrogens is 172 g/mol. The van der Waals surface area contributed by atoms with Crippen LogP contribution in [-0.2, 0) is 6.42 Å². The molecule has 0 heterocycles. The highest BCUT2D eigenvalue weighted by atomic mass is 35.5. The van der Waals surface area contributed by atoms with Gasteiger partial charge in [-0.05, 0) is 17.7 Å². The summed E-state index contributed by atoms with van der Waals surface area (Å²) in [7, 11) is 1.60. The molecule has 0 aliphatic rings. The lowest BCUT2D eigenvalue weighted by molar-refractivity contribution is 0.414. The van der Waals surface area contributed by atoms with Crippen molar-refractivity contribution < 1.29 is 4.74 Å². The number of benzene rings is 1. The van der Waals surface area contributed by atoms with Crippen LogP contribution in [0.25, 0.3) is 0 Å². The number of terminal acetylenes is 1. The fourth-order valence-electron chi connectivity index (χ4n) is 0.908. The minimum atomic E-state index is 0.558. The van der Waals surface area contributed by atoms with Crippen molar-refractivity contribution in [1.82, 2.24) is 0 Å². The van der Waals surface area contributed by atoms with Crippen molar-refractivity contribution in [3.8, 4) is 18.1 Å². The van der Waals surface area contributed by atoms with Gasteiger partial charge < -0.3 is 4.74 Å². The van der Waals surface area contributed by atoms with Gasteiger partial charge in [0.05, 0.1) is 7.11 Å². The zero-order chi connectivity index (χ0) is 8.97. The molecule has 0 saturated carbocycles. The van der Waals surface area contributed by atoms with Crippen LogP contribution in [-0.4, -0.2) is 7.11 Å². The van der Waals surface area contributed by atoms with E-state index < -0.39 is 0 Å². The predicted octanol–water partition coefficient (Wildman–Crippen LogP) is 2.52. The molecule has 62 valence electrons. The highest BCUT2D eigenvalue weighted by molar-refractivity contribution is 6.31. The van der Waals surface area contributed by atoms with Crippen LogP contribution in [0.3, 0.4) is 0 Å². The van der Waals surface area contributed by atoms with E-state index in [0.29, 0.717) is 11.4 Å². The Morgan fingerprint density at radius 2 is 2.33 bits per heavy atom. The minimum absolute atomic E-state index is 0.558. The molecule has 1 nitrogen and oxygen atoms in total. The highest BCUT2D eigenvalue weighted by Crippen LogP contribution is 2.22. The molecule has 12 heavy (non-hydrogen) atoms. The summed E-state index contributed by atoms with van der Waals surface area (Å²) in [6.45, 7) is 0. The Balaban J connectivity index is 2.97. The summed E-state index contributed by atoms with van der Waals surface area (Å²) in [6.07, 6.45) is 5.72. The Kier molecular flexibility index (Phi) is 3.01. The van der Waals surface area contributed by atoms with E-state index in [4.69, 9.17) is 22.8 Å². The van der Waals surface area contributed by atoms with E-state index in [-0.39, 0.29) is 0 Å². The van der Waals surface area contributed by atoms with Crippen molar-refractivity contribution in [2.45, 2.75) is 6.42 Å². The Morgan fingerprint density at radius 1 is 1.58 bits per heavy atom. The lowest BCUT2D eigenvalue weighted by Crippen LogP contribution is -1.86. The monoisotopic (exact) mass is 180 g/mol. The Bertz CT molecular complexity index is 312. The fraction of sp³-hybridized carbons (Fsp3) is 0.200. The average Bonchev–Trinajstić information content (AvgIpc) is 2.09. The number of ether oxygens (including phenoxy) is 1. The molecule has 2 heteroatoms. The van der Waals surface area contributed by atoms with Crippen molar-refractivity contribution in [3.05, 3.63) is 28.8 Å². The largest absolute Gasteiger partial charge is 0.497 e. The molecule has 0 atom stereocenters. The summed E-state index contributed by atoms with van der Waals surface area (Å²) in [6, 6.07) is 5.48. The van der Waals surface area contributed by atoms with E-state index >= 15 is 0 Å². The number of hydrogen-bond donors (Lipinski definition) is 0. The Morgan fingerprint density at radius 3 is 2.83 bits per heavy atom. The van der Waals surface area contributed by atoms with Gasteiger partial charge in [0, 0.05) is 11.4 Å². The Labute approximate surface area is 77.3 Å². The molecule has 0 N–H and O–H groups in total. The first kappa shape index (κ1) is 8.96. The lowest BCUT2D eigenvalue weighted by atomic mass is 10.1. The van der Waals surface area contributed by atoms with E-state index in [0.717, 1.165) is 11.3 Å². The third kappa shape index (κ3) is 1.93. The third-order valence-electron chi connectivity index (χ3n) is 1.55. The van der Waals surface area contributed by atoms with Crippen LogP contribution in [0.2, 0.25) is 5.02 Å². The molecule has 0 radical (unpaired) electrons. The SMILES string of the molecule is C#CCc1ccc(OC)cc1Cl. The molecule has 0 aromatic heterocycles. The van der Waals surface area contributed by atoms with Gasteiger partial charge in [-0.2, -0.15) is 0 Å². The molecule has 1 aromatic rings. The minimum Gasteiger partial charge on any atom is -0.497 e. The van der Waals surface area contributed by atoms with E-state index in [1.165, 1.54) is 0 Å². The van der Waals surface area contributed by atoms with Crippen molar-refractivity contribution in [2.24, 2.45) is 0 Å². The van der Waals surface area contributed by atoms with E-state index in [1.54, 1.807) is 13.2 Å². The molecule has 1 aromatic carbocycles. The molecule has 0 saturated heterocycles. The normalized spacial score (nSPS) is 9.08. The van der Waals surface area contributed by atoms with Gasteiger partial charge in [-0.25, -0.2) is 0 Å². The maximum atomic E-state index is 5.91. The predicted molar refractivity (Wildman–Crippen MR) is 50.5 cm³/mol. The van der Waals surface area contributed by atoms with Gasteiger partial charge in [-0.3, -0.25) is 0 Å². The Hall–Kier alpha value is -1.13. The van der Waals surface area contributed by atoms with Gasteiger partial charge in [-0.1, -0.05) is 17.7 Å². The molecule has 0 bridgehead atoms. The number of hydrogen-bond acceptors (Lipinski definition) is 1. The summed E-state index contributed by atoms with van der Waals surface area (Å²) in [5.74, 6) is 3.29. The van der Waals surface area contributed by atoms with Crippen molar-refractivity contribution in [2.75, 3.05) is 7.11 Å². The first-order valence-corrected chi connectivity index (χ1v) is 3.91. The standard InChI is InChI=1S/C10H9ClO/c1-3-4-8-5-6-9(12-2)7-10(8)11/h1,5-7H,4H2,2H3. The second kappa shape index (κ2) is 4.04. The first-order chi connectivity index (χ1) is 5.77. The smallest absolute Gasteiger partial charge is 0.120 e. The average molecular weight is 181 g/mol. The molecule has 0 aliphatic carbocycles. The van der Waals surface area contributed by atoms with Crippen LogP contribution in [0.5, 0.6) is 5.75 Å². The molecule has 1 rings (SSSR count). The second-order valence-corrected chi connectivity index (χ2v) is 2.75. The number of halogens is 1. The van der Waals surface area contributed by atoms with Gasteiger partial charge in [0.1, 0.15) is 5.75 Å². The summed E-state index contributed by atoms with van der Waals surface area (Å²) < 4.78 is 4.99. The van der Waals surface area contributed by atoms with Crippen LogP contribution >= 0.6 is 11.6 Å². The molecule has 0 amide bonds. The van der Waals surface area contributed by atoms with Gasteiger partial charge in [-0.15, -0.1) is 12.3 Å². The quantitative estimate of drug-likeness (QED) is 0.636. The van der Waals surface area contributed by atoms with Crippen molar-refractivity contribution in [1.29, 1.82) is 0 Å². The van der Waals surface area contributed by atoms with Crippen molar-refractivity contribution in [3.63, 3.8) is 0 Å². The van der Waals surface area contributed by atoms with Crippen LogP contribution in [0, 0.1) is 12.3 Å². The topological polar surface area (TPSA) is 9.23 Å². The van der Waals surface area contributed by atoms with Gasteiger partial charge in [0.25, 0.3) is 0 Å². The van der Waals surface area contributed by atoms with Gasteiger partial charge in [0.2, 0.25) is 0 Å². The zero-order valence-electron chi connectivity index (χ0n) is 6.80. The summed E-state index contributed by atoms with van der Waals surface area (Å²) >= 11 is 5.91. The molecule has 0 unspecified atom stereocenters. The van der Waals surface area contributed by atoms with Crippen LogP contribution in [0.1, 0.15) is 5.56 Å². The second-order valence-electron chi connectivity index (χ2n) is 2.34. The maximum absolute atomic E-state index is 5.91. The lowest BCUT2D eigenvalue weighted by Gasteiger charge is -2.02. The van der Waals surface area contributed by atoms with E-state index in [2.05, 4.69) is 5.92 Å². The summed E-state index contributed by atoms with van der Waals surface area (Å²) in [4.78, 5) is 0. The van der Waals surface area contributed by atoms with Gasteiger partial charge >= 0.3 is 0 Å². The maximum Gasteiger partial charge on any atom is 0.120 e. The zero-order valence-corrected chi connectivity index (χ0v) is 7.56.